The van der Waals surface area contributed by atoms with Gasteiger partial charge in [0.25, 0.3) is 5.91 Å². The molecule has 0 saturated carbocycles. The molecule has 0 bridgehead atoms. The Balaban J connectivity index is 1.30. The number of hydrogen-bond acceptors (Lipinski definition) is 4. The molecule has 1 aromatic carbocycles. The SMILES string of the molecule is O=C(CN1CCN(C(=O)C2=Cc3cc(Cl)ccc3OC2)CC1)N1CCCCCC1. The summed E-state index contributed by atoms with van der Waals surface area (Å²) in [6.07, 6.45) is 6.54. The minimum absolute atomic E-state index is 0.00844. The van der Waals surface area contributed by atoms with E-state index >= 15 is 0 Å². The average molecular weight is 418 g/mol. The van der Waals surface area contributed by atoms with Crippen molar-refractivity contribution < 1.29 is 14.3 Å². The van der Waals surface area contributed by atoms with Gasteiger partial charge in [-0.2, -0.15) is 0 Å². The lowest BCUT2D eigenvalue weighted by Crippen LogP contribution is -2.52. The molecule has 0 aromatic heterocycles. The van der Waals surface area contributed by atoms with E-state index in [4.69, 9.17) is 16.3 Å². The van der Waals surface area contributed by atoms with Crippen molar-refractivity contribution >= 4 is 29.5 Å². The zero-order chi connectivity index (χ0) is 20.2. The van der Waals surface area contributed by atoms with Gasteiger partial charge in [-0.25, -0.2) is 0 Å². The Labute approximate surface area is 177 Å². The maximum absolute atomic E-state index is 12.9. The van der Waals surface area contributed by atoms with Crippen LogP contribution in [0.25, 0.3) is 6.08 Å². The van der Waals surface area contributed by atoms with Crippen molar-refractivity contribution in [2.45, 2.75) is 25.7 Å². The van der Waals surface area contributed by atoms with Gasteiger partial charge in [0.1, 0.15) is 12.4 Å². The predicted octanol–water partition coefficient (Wildman–Crippen LogP) is 2.66. The first-order valence-electron chi connectivity index (χ1n) is 10.5. The number of carbonyl (C=O) groups excluding carboxylic acids is 2. The summed E-state index contributed by atoms with van der Waals surface area (Å²) in [5.74, 6) is 0.987. The molecule has 3 aliphatic rings. The van der Waals surface area contributed by atoms with E-state index in [0.717, 1.165) is 50.3 Å². The Morgan fingerprint density at radius 1 is 0.931 bits per heavy atom. The number of piperazine rings is 1. The number of rotatable bonds is 3. The normalized spacial score (nSPS) is 20.4. The topological polar surface area (TPSA) is 53.1 Å². The minimum Gasteiger partial charge on any atom is -0.488 e. The lowest BCUT2D eigenvalue weighted by Gasteiger charge is -2.36. The van der Waals surface area contributed by atoms with Crippen LogP contribution < -0.4 is 4.74 Å². The summed E-state index contributed by atoms with van der Waals surface area (Å²) in [6, 6.07) is 5.43. The molecule has 6 nitrogen and oxygen atoms in total. The molecule has 29 heavy (non-hydrogen) atoms. The van der Waals surface area contributed by atoms with Crippen LogP contribution in [-0.4, -0.2) is 78.9 Å². The number of nitrogens with zero attached hydrogens (tertiary/aromatic N) is 3. The van der Waals surface area contributed by atoms with Gasteiger partial charge in [-0.05, 0) is 37.1 Å². The summed E-state index contributed by atoms with van der Waals surface area (Å²) >= 11 is 6.06. The van der Waals surface area contributed by atoms with Gasteiger partial charge in [0.15, 0.2) is 0 Å². The van der Waals surface area contributed by atoms with Gasteiger partial charge in [0.05, 0.1) is 12.1 Å². The number of benzene rings is 1. The number of carbonyl (C=O) groups is 2. The summed E-state index contributed by atoms with van der Waals surface area (Å²) in [5.41, 5.74) is 1.49. The number of likely N-dealkylation sites (tertiary alicyclic amines) is 1. The molecule has 2 amide bonds. The van der Waals surface area contributed by atoms with Crippen LogP contribution in [0.4, 0.5) is 0 Å². The van der Waals surface area contributed by atoms with Crippen LogP contribution in [0.3, 0.4) is 0 Å². The standard InChI is InChI=1S/C22H28ClN3O3/c23-19-5-6-20-17(14-19)13-18(16-29-20)22(28)26-11-9-24(10-12-26)15-21(27)25-7-3-1-2-4-8-25/h5-6,13-14H,1-4,7-12,15-16H2. The van der Waals surface area contributed by atoms with Crippen LogP contribution in [0.1, 0.15) is 31.2 Å². The van der Waals surface area contributed by atoms with E-state index in [1.54, 1.807) is 6.07 Å². The lowest BCUT2D eigenvalue weighted by atomic mass is 10.1. The minimum atomic E-state index is 0.00844. The van der Waals surface area contributed by atoms with Crippen molar-refractivity contribution in [2.24, 2.45) is 0 Å². The van der Waals surface area contributed by atoms with Gasteiger partial charge in [-0.1, -0.05) is 24.4 Å². The van der Waals surface area contributed by atoms with Crippen molar-refractivity contribution in [3.05, 3.63) is 34.4 Å². The van der Waals surface area contributed by atoms with Gasteiger partial charge >= 0.3 is 0 Å². The number of fused-ring (bicyclic) bond motifs is 1. The number of hydrogen-bond donors (Lipinski definition) is 0. The van der Waals surface area contributed by atoms with Crippen LogP contribution >= 0.6 is 11.6 Å². The predicted molar refractivity (Wildman–Crippen MR) is 113 cm³/mol. The van der Waals surface area contributed by atoms with E-state index in [0.29, 0.717) is 30.2 Å². The Kier molecular flexibility index (Phi) is 6.40. The number of amides is 2. The third-order valence-corrected chi connectivity index (χ3v) is 6.17. The third-order valence-electron chi connectivity index (χ3n) is 5.94. The quantitative estimate of drug-likeness (QED) is 0.758. The summed E-state index contributed by atoms with van der Waals surface area (Å²) in [5, 5.41) is 0.625. The fourth-order valence-corrected chi connectivity index (χ4v) is 4.38. The molecule has 2 fully saturated rings. The number of halogens is 1. The van der Waals surface area contributed by atoms with Crippen molar-refractivity contribution in [3.63, 3.8) is 0 Å². The molecule has 0 aliphatic carbocycles. The molecule has 3 aliphatic heterocycles. The molecule has 1 aromatic rings. The highest BCUT2D eigenvalue weighted by Gasteiger charge is 2.27. The first-order chi connectivity index (χ1) is 14.1. The molecule has 0 atom stereocenters. The van der Waals surface area contributed by atoms with E-state index in [-0.39, 0.29) is 18.4 Å². The van der Waals surface area contributed by atoms with Crippen molar-refractivity contribution in [1.29, 1.82) is 0 Å². The van der Waals surface area contributed by atoms with E-state index < -0.39 is 0 Å². The van der Waals surface area contributed by atoms with Gasteiger partial charge in [-0.15, -0.1) is 0 Å². The first-order valence-corrected chi connectivity index (χ1v) is 10.9. The third kappa shape index (κ3) is 4.93. The summed E-state index contributed by atoms with van der Waals surface area (Å²) in [6.45, 7) is 5.22. The highest BCUT2D eigenvalue weighted by atomic mass is 35.5. The van der Waals surface area contributed by atoms with Gasteiger partial charge in [0.2, 0.25) is 5.91 Å². The molecule has 0 spiro atoms. The van der Waals surface area contributed by atoms with E-state index in [1.165, 1.54) is 12.8 Å². The monoisotopic (exact) mass is 417 g/mol. The molecule has 0 radical (unpaired) electrons. The van der Waals surface area contributed by atoms with Crippen LogP contribution in [0, 0.1) is 0 Å². The number of ether oxygens (including phenoxy) is 1. The molecular formula is C22H28ClN3O3. The van der Waals surface area contributed by atoms with Crippen LogP contribution in [0.15, 0.2) is 23.8 Å². The molecule has 156 valence electrons. The Hall–Kier alpha value is -2.05. The van der Waals surface area contributed by atoms with Crippen LogP contribution in [0.2, 0.25) is 5.02 Å². The summed E-state index contributed by atoms with van der Waals surface area (Å²) in [7, 11) is 0. The molecule has 3 heterocycles. The van der Waals surface area contributed by atoms with E-state index in [9.17, 15) is 9.59 Å². The molecule has 4 rings (SSSR count). The maximum atomic E-state index is 12.9. The molecule has 0 N–H and O–H groups in total. The van der Waals surface area contributed by atoms with Crippen molar-refractivity contribution in [2.75, 3.05) is 52.4 Å². The van der Waals surface area contributed by atoms with Gasteiger partial charge < -0.3 is 14.5 Å². The largest absolute Gasteiger partial charge is 0.488 e. The van der Waals surface area contributed by atoms with Crippen LogP contribution in [-0.2, 0) is 9.59 Å². The maximum Gasteiger partial charge on any atom is 0.253 e. The van der Waals surface area contributed by atoms with Crippen LogP contribution in [0.5, 0.6) is 5.75 Å². The Bertz CT molecular complexity index is 794. The fraction of sp³-hybridized carbons (Fsp3) is 0.545. The highest BCUT2D eigenvalue weighted by Crippen LogP contribution is 2.29. The second-order valence-corrected chi connectivity index (χ2v) is 8.44. The Morgan fingerprint density at radius 3 is 2.38 bits per heavy atom. The molecular weight excluding hydrogens is 390 g/mol. The zero-order valence-corrected chi connectivity index (χ0v) is 17.5. The lowest BCUT2D eigenvalue weighted by molar-refractivity contribution is -0.133. The Morgan fingerprint density at radius 2 is 1.66 bits per heavy atom. The molecule has 0 unspecified atom stereocenters. The molecule has 7 heteroatoms. The fourth-order valence-electron chi connectivity index (χ4n) is 4.20. The van der Waals surface area contributed by atoms with E-state index in [2.05, 4.69) is 4.90 Å². The van der Waals surface area contributed by atoms with Crippen molar-refractivity contribution in [3.8, 4) is 5.75 Å². The summed E-state index contributed by atoms with van der Waals surface area (Å²) in [4.78, 5) is 31.5. The van der Waals surface area contributed by atoms with Gasteiger partial charge in [0, 0.05) is 49.9 Å². The molecule has 2 saturated heterocycles. The van der Waals surface area contributed by atoms with E-state index in [1.807, 2.05) is 28.0 Å². The average Bonchev–Trinajstić information content (AvgIpc) is 3.03. The smallest absolute Gasteiger partial charge is 0.253 e. The first kappa shape index (κ1) is 20.2. The second kappa shape index (κ2) is 9.18. The summed E-state index contributed by atoms with van der Waals surface area (Å²) < 4.78 is 5.72. The zero-order valence-electron chi connectivity index (χ0n) is 16.7. The second-order valence-electron chi connectivity index (χ2n) is 8.00. The van der Waals surface area contributed by atoms with Crippen molar-refractivity contribution in [1.82, 2.24) is 14.7 Å². The highest BCUT2D eigenvalue weighted by molar-refractivity contribution is 6.30. The van der Waals surface area contributed by atoms with Gasteiger partial charge in [-0.3, -0.25) is 14.5 Å².